The molecule has 3 nitrogen and oxygen atoms in total. The minimum Gasteiger partial charge on any atom is -0.492 e. The number of rotatable bonds is 4. The number of aromatic nitrogens is 1. The Morgan fingerprint density at radius 1 is 1.29 bits per heavy atom. The second-order valence-electron chi connectivity index (χ2n) is 7.43. The Hall–Kier alpha value is -1.09. The second-order valence-corrected chi connectivity index (χ2v) is 7.43. The molecule has 1 aromatic heterocycles. The minimum absolute atomic E-state index is 0.325. The van der Waals surface area contributed by atoms with Gasteiger partial charge in [0.2, 0.25) is 0 Å². The normalized spacial score (nSPS) is 26.6. The third-order valence-electron chi connectivity index (χ3n) is 4.76. The zero-order chi connectivity index (χ0) is 15.5. The van der Waals surface area contributed by atoms with E-state index in [1.54, 1.807) is 12.4 Å². The Balaban J connectivity index is 2.08. The number of nitrogens with zero attached hydrogens (tertiary/aromatic N) is 1. The van der Waals surface area contributed by atoms with Crippen LogP contribution < -0.4 is 4.74 Å². The average Bonchev–Trinajstić information content (AvgIpc) is 2.45. The molecule has 0 atom stereocenters. The molecule has 1 saturated carbocycles. The lowest BCUT2D eigenvalue weighted by molar-refractivity contribution is -0.0302. The Morgan fingerprint density at radius 3 is 2.52 bits per heavy atom. The molecule has 1 heterocycles. The van der Waals surface area contributed by atoms with Gasteiger partial charge in [0.25, 0.3) is 0 Å². The summed E-state index contributed by atoms with van der Waals surface area (Å²) in [6.07, 6.45) is 8.25. The lowest BCUT2D eigenvalue weighted by Crippen LogP contribution is -2.35. The first-order valence-electron chi connectivity index (χ1n) is 8.16. The molecule has 2 rings (SSSR count). The van der Waals surface area contributed by atoms with Crippen molar-refractivity contribution >= 4 is 0 Å². The van der Waals surface area contributed by atoms with E-state index in [4.69, 9.17) is 4.74 Å². The molecular formula is C18H29NO2. The fourth-order valence-electron chi connectivity index (χ4n) is 3.22. The van der Waals surface area contributed by atoms with Gasteiger partial charge >= 0.3 is 0 Å². The van der Waals surface area contributed by atoms with Crippen molar-refractivity contribution in [3.63, 3.8) is 0 Å². The molecular weight excluding hydrogens is 262 g/mol. The van der Waals surface area contributed by atoms with Gasteiger partial charge in [0, 0.05) is 11.8 Å². The second kappa shape index (κ2) is 6.35. The maximum atomic E-state index is 11.0. The molecule has 21 heavy (non-hydrogen) atoms. The van der Waals surface area contributed by atoms with E-state index in [9.17, 15) is 5.11 Å². The highest BCUT2D eigenvalue weighted by molar-refractivity contribution is 5.28. The van der Waals surface area contributed by atoms with Crippen molar-refractivity contribution in [1.82, 2.24) is 4.98 Å². The first kappa shape index (κ1) is 16.3. The number of hydrogen-bond donors (Lipinski definition) is 1. The zero-order valence-corrected chi connectivity index (χ0v) is 13.9. The molecule has 118 valence electrons. The maximum Gasteiger partial charge on any atom is 0.137 e. The Morgan fingerprint density at radius 2 is 1.95 bits per heavy atom. The number of ether oxygens (including phenoxy) is 1. The van der Waals surface area contributed by atoms with Crippen LogP contribution in [0.4, 0.5) is 0 Å². The smallest absolute Gasteiger partial charge is 0.137 e. The summed E-state index contributed by atoms with van der Waals surface area (Å²) < 4.78 is 5.63. The summed E-state index contributed by atoms with van der Waals surface area (Å²) in [6, 6.07) is 1.96. The monoisotopic (exact) mass is 291 g/mol. The van der Waals surface area contributed by atoms with Gasteiger partial charge < -0.3 is 9.84 Å². The topological polar surface area (TPSA) is 42.4 Å². The first-order chi connectivity index (χ1) is 9.85. The summed E-state index contributed by atoms with van der Waals surface area (Å²) in [4.78, 5) is 4.24. The minimum atomic E-state index is -0.736. The van der Waals surface area contributed by atoms with E-state index in [1.165, 1.54) is 0 Å². The molecule has 1 N–H and O–H groups in total. The van der Waals surface area contributed by atoms with Crippen molar-refractivity contribution < 1.29 is 9.84 Å². The van der Waals surface area contributed by atoms with Crippen molar-refractivity contribution in [3.8, 4) is 5.75 Å². The summed E-state index contributed by atoms with van der Waals surface area (Å²) in [5.41, 5.74) is 0.495. The molecule has 1 aromatic rings. The quantitative estimate of drug-likeness (QED) is 0.899. The van der Waals surface area contributed by atoms with Crippen LogP contribution in [0.5, 0.6) is 5.75 Å². The van der Waals surface area contributed by atoms with Gasteiger partial charge in [-0.05, 0) is 49.5 Å². The predicted molar refractivity (Wildman–Crippen MR) is 85.3 cm³/mol. The van der Waals surface area contributed by atoms with Crippen molar-refractivity contribution in [2.75, 3.05) is 6.61 Å². The van der Waals surface area contributed by atoms with Crippen LogP contribution in [0.1, 0.15) is 65.4 Å². The van der Waals surface area contributed by atoms with Crippen molar-refractivity contribution in [1.29, 1.82) is 0 Å². The third kappa shape index (κ3) is 3.97. The highest BCUT2D eigenvalue weighted by Crippen LogP contribution is 2.45. The molecule has 1 fully saturated rings. The maximum absolute atomic E-state index is 11.0. The van der Waals surface area contributed by atoms with Crippen LogP contribution in [-0.2, 0) is 5.60 Å². The van der Waals surface area contributed by atoms with E-state index >= 15 is 0 Å². The van der Waals surface area contributed by atoms with E-state index in [0.717, 1.165) is 43.4 Å². The van der Waals surface area contributed by atoms with Crippen molar-refractivity contribution in [2.24, 2.45) is 11.3 Å². The van der Waals surface area contributed by atoms with E-state index in [-0.39, 0.29) is 0 Å². The van der Waals surface area contributed by atoms with Crippen LogP contribution in [0, 0.1) is 11.3 Å². The largest absolute Gasteiger partial charge is 0.492 e. The molecule has 1 aliphatic carbocycles. The fourth-order valence-corrected chi connectivity index (χ4v) is 3.22. The SMILES string of the molecule is CCCOc1cncc(C2(O)CCC(C(C)(C)C)CC2)c1. The zero-order valence-electron chi connectivity index (χ0n) is 13.9. The van der Waals surface area contributed by atoms with Gasteiger partial charge in [0.1, 0.15) is 5.75 Å². The molecule has 0 aromatic carbocycles. The molecule has 3 heteroatoms. The predicted octanol–water partition coefficient (Wildman–Crippen LogP) is 4.29. The summed E-state index contributed by atoms with van der Waals surface area (Å²) in [6.45, 7) is 9.66. The van der Waals surface area contributed by atoms with E-state index < -0.39 is 5.60 Å². The Kier molecular flexibility index (Phi) is 4.92. The lowest BCUT2D eigenvalue weighted by Gasteiger charge is -2.41. The van der Waals surface area contributed by atoms with E-state index in [1.807, 2.05) is 6.07 Å². The standard InChI is InChI=1S/C18H29NO2/c1-5-10-21-16-11-15(12-19-13-16)18(20)8-6-14(7-9-18)17(2,3)4/h11-14,20H,5-10H2,1-4H3. The summed E-state index contributed by atoms with van der Waals surface area (Å²) in [5.74, 6) is 1.45. The number of aliphatic hydroxyl groups is 1. The van der Waals surface area contributed by atoms with Gasteiger partial charge in [0.15, 0.2) is 0 Å². The lowest BCUT2D eigenvalue weighted by atomic mass is 9.67. The molecule has 0 radical (unpaired) electrons. The summed E-state index contributed by atoms with van der Waals surface area (Å²) in [7, 11) is 0. The van der Waals surface area contributed by atoms with Crippen LogP contribution in [-0.4, -0.2) is 16.7 Å². The Bertz CT molecular complexity index is 457. The number of pyridine rings is 1. The van der Waals surface area contributed by atoms with Crippen LogP contribution in [0.15, 0.2) is 18.5 Å². The van der Waals surface area contributed by atoms with Crippen LogP contribution >= 0.6 is 0 Å². The molecule has 0 saturated heterocycles. The van der Waals surface area contributed by atoms with Crippen LogP contribution in [0.2, 0.25) is 0 Å². The first-order valence-corrected chi connectivity index (χ1v) is 8.16. The third-order valence-corrected chi connectivity index (χ3v) is 4.76. The average molecular weight is 291 g/mol. The number of hydrogen-bond acceptors (Lipinski definition) is 3. The summed E-state index contributed by atoms with van der Waals surface area (Å²) in [5, 5.41) is 11.0. The fraction of sp³-hybridized carbons (Fsp3) is 0.722. The van der Waals surface area contributed by atoms with Crippen LogP contribution in [0.3, 0.4) is 0 Å². The van der Waals surface area contributed by atoms with Gasteiger partial charge in [-0.25, -0.2) is 0 Å². The van der Waals surface area contributed by atoms with Crippen LogP contribution in [0.25, 0.3) is 0 Å². The van der Waals surface area contributed by atoms with Gasteiger partial charge in [-0.2, -0.15) is 0 Å². The van der Waals surface area contributed by atoms with Gasteiger partial charge in [0.05, 0.1) is 18.4 Å². The van der Waals surface area contributed by atoms with E-state index in [0.29, 0.717) is 17.9 Å². The summed E-state index contributed by atoms with van der Waals surface area (Å²) >= 11 is 0. The van der Waals surface area contributed by atoms with Crippen molar-refractivity contribution in [2.45, 2.75) is 65.4 Å². The molecule has 0 amide bonds. The molecule has 0 unspecified atom stereocenters. The van der Waals surface area contributed by atoms with E-state index in [2.05, 4.69) is 32.7 Å². The Labute approximate surface area is 128 Å². The highest BCUT2D eigenvalue weighted by atomic mass is 16.5. The van der Waals surface area contributed by atoms with Gasteiger partial charge in [-0.3, -0.25) is 4.98 Å². The molecule has 0 spiro atoms. The van der Waals surface area contributed by atoms with Gasteiger partial charge in [-0.15, -0.1) is 0 Å². The molecule has 1 aliphatic rings. The highest BCUT2D eigenvalue weighted by Gasteiger charge is 2.38. The molecule has 0 aliphatic heterocycles. The molecule has 0 bridgehead atoms. The van der Waals surface area contributed by atoms with Gasteiger partial charge in [-0.1, -0.05) is 27.7 Å². The van der Waals surface area contributed by atoms with Crippen molar-refractivity contribution in [3.05, 3.63) is 24.0 Å².